The number of hydrogen-bond acceptors (Lipinski definition) is 10. The van der Waals surface area contributed by atoms with Crippen LogP contribution in [0.4, 0.5) is 34.1 Å². The summed E-state index contributed by atoms with van der Waals surface area (Å²) in [7, 11) is 3.75. The van der Waals surface area contributed by atoms with Gasteiger partial charge in [-0.3, -0.25) is 9.36 Å². The maximum atomic E-state index is 9.53. The molecule has 0 spiro atoms. The Morgan fingerprint density at radius 3 is 1.44 bits per heavy atom. The van der Waals surface area contributed by atoms with E-state index >= 15 is 0 Å². The van der Waals surface area contributed by atoms with Crippen LogP contribution in [-0.4, -0.2) is 32.0 Å². The van der Waals surface area contributed by atoms with Gasteiger partial charge >= 0.3 is 0 Å². The summed E-state index contributed by atoms with van der Waals surface area (Å²) in [5.74, 6) is 0. The lowest BCUT2D eigenvalue weighted by Crippen LogP contribution is -2.19. The van der Waals surface area contributed by atoms with E-state index in [4.69, 9.17) is 10.8 Å². The maximum absolute atomic E-state index is 9.53. The summed E-state index contributed by atoms with van der Waals surface area (Å²) in [6, 6.07) is 24.9. The summed E-state index contributed by atoms with van der Waals surface area (Å²) in [4.78, 5) is 0. The molecular formula is C50H56N12. The third-order valence-corrected chi connectivity index (χ3v) is 11.4. The number of nitrogens with one attached hydrogen (secondary N) is 6. The summed E-state index contributed by atoms with van der Waals surface area (Å²) < 4.78 is 3.48. The summed E-state index contributed by atoms with van der Waals surface area (Å²) in [5, 5.41) is 57.0. The van der Waals surface area contributed by atoms with Gasteiger partial charge in [-0.25, -0.2) is 0 Å². The number of hydrogen-bond donors (Lipinski definition) is 6. The fraction of sp³-hybridized carbons (Fsp3) is 0.240. The topological polar surface area (TPSA) is 179 Å². The van der Waals surface area contributed by atoms with Crippen molar-refractivity contribution in [3.63, 3.8) is 0 Å². The molecule has 62 heavy (non-hydrogen) atoms. The fourth-order valence-corrected chi connectivity index (χ4v) is 8.70. The van der Waals surface area contributed by atoms with E-state index in [1.54, 1.807) is 21.8 Å². The second kappa shape index (κ2) is 18.7. The highest BCUT2D eigenvalue weighted by Gasteiger charge is 2.26. The first kappa shape index (κ1) is 42.4. The number of benzene rings is 4. The molecule has 0 saturated heterocycles. The van der Waals surface area contributed by atoms with Crippen molar-refractivity contribution in [1.29, 1.82) is 21.3 Å². The molecule has 0 unspecified atom stereocenters. The number of fused-ring (bicyclic) bond motifs is 2. The Hall–Kier alpha value is -7.70. The van der Waals surface area contributed by atoms with Crippen LogP contribution in [-0.2, 0) is 26.9 Å². The fourth-order valence-electron chi connectivity index (χ4n) is 8.70. The van der Waals surface area contributed by atoms with Gasteiger partial charge in [-0.1, -0.05) is 25.3 Å². The van der Waals surface area contributed by atoms with Gasteiger partial charge < -0.3 is 32.1 Å². The summed E-state index contributed by atoms with van der Waals surface area (Å²) >= 11 is 0. The summed E-state index contributed by atoms with van der Waals surface area (Å²) in [5.41, 5.74) is 17.3. The molecule has 4 aromatic carbocycles. The van der Waals surface area contributed by atoms with Crippen LogP contribution in [0.3, 0.4) is 0 Å². The molecule has 12 heteroatoms. The van der Waals surface area contributed by atoms with E-state index in [1.165, 1.54) is 34.7 Å². The quantitative estimate of drug-likeness (QED) is 0.0660. The van der Waals surface area contributed by atoms with E-state index in [9.17, 15) is 10.5 Å². The van der Waals surface area contributed by atoms with Crippen molar-refractivity contribution in [3.8, 4) is 12.1 Å². The zero-order valence-corrected chi connectivity index (χ0v) is 35.7. The van der Waals surface area contributed by atoms with Crippen LogP contribution < -0.4 is 21.3 Å². The smallest absolute Gasteiger partial charge is 0.0998 e. The molecule has 12 nitrogen and oxygen atoms in total. The monoisotopic (exact) mass is 824 g/mol. The van der Waals surface area contributed by atoms with E-state index < -0.39 is 0 Å². The first-order valence-corrected chi connectivity index (χ1v) is 20.8. The molecule has 0 fully saturated rings. The standard InChI is InChI=1S/2C25H26N6.2H2/c2*1-16(2)25-18(13-27)8-10-21-22(25)5-4-6-23(21)29-19-9-7-17(12-26)24(11-19)30-20-14-28-31(3)15-20;;/h2*7-12,14-15,23,26,29-30H,1,4-6H2,2-3H3;2*1H/t2*23-;;/m10../s1. The molecule has 2 aliphatic rings. The van der Waals surface area contributed by atoms with Crippen molar-refractivity contribution < 1.29 is 2.85 Å². The summed E-state index contributed by atoms with van der Waals surface area (Å²) in [6.07, 6.45) is 16.1. The molecule has 2 heterocycles. The first-order chi connectivity index (χ1) is 30.0. The molecular weight excluding hydrogens is 769 g/mol. The number of anilines is 6. The third kappa shape index (κ3) is 9.20. The minimum atomic E-state index is 0. The van der Waals surface area contributed by atoms with Crippen LogP contribution in [0.2, 0.25) is 0 Å². The number of nitriles is 2. The lowest BCUT2D eigenvalue weighted by Gasteiger charge is -2.30. The van der Waals surface area contributed by atoms with Gasteiger partial charge in [0, 0.05) is 75.6 Å². The molecule has 2 aliphatic carbocycles. The van der Waals surface area contributed by atoms with Crippen LogP contribution in [0.15, 0.2) is 98.6 Å². The molecule has 316 valence electrons. The molecule has 2 aromatic heterocycles. The minimum Gasteiger partial charge on any atom is -0.378 e. The third-order valence-electron chi connectivity index (χ3n) is 11.4. The van der Waals surface area contributed by atoms with Gasteiger partial charge in [-0.2, -0.15) is 20.7 Å². The van der Waals surface area contributed by atoms with E-state index in [2.05, 4.69) is 68.9 Å². The Labute approximate surface area is 366 Å². The van der Waals surface area contributed by atoms with Crippen molar-refractivity contribution in [2.45, 2.75) is 64.5 Å². The largest absolute Gasteiger partial charge is 0.378 e. The maximum Gasteiger partial charge on any atom is 0.0998 e. The number of nitrogens with zero attached hydrogens (tertiary/aromatic N) is 6. The second-order valence-corrected chi connectivity index (χ2v) is 16.0. The SMILES string of the molecule is C=C(C)c1c(C#N)ccc2c1CCC[C@@H]2Nc1ccc(C=N)c(Nc2cnn(C)c2)c1.C=C(C)c1c(C#N)ccc2c1CCC[C@H]2Nc1ccc(C=N)c(Nc2cnn(C)c2)c1.[HH].[HH]. The molecule has 8 rings (SSSR count). The second-order valence-electron chi connectivity index (χ2n) is 16.0. The molecule has 0 radical (unpaired) electrons. The van der Waals surface area contributed by atoms with Crippen molar-refractivity contribution in [1.82, 2.24) is 19.6 Å². The Balaban J connectivity index is 0.000000234. The number of allylic oxidation sites excluding steroid dienone is 2. The zero-order chi connectivity index (χ0) is 43.9. The van der Waals surface area contributed by atoms with Crippen LogP contribution in [0, 0.1) is 33.5 Å². The van der Waals surface area contributed by atoms with Gasteiger partial charge in [-0.15, -0.1) is 0 Å². The van der Waals surface area contributed by atoms with E-state index in [1.807, 2.05) is 88.9 Å². The Bertz CT molecular complexity index is 2600. The lowest BCUT2D eigenvalue weighted by molar-refractivity contribution is 0.599. The Morgan fingerprint density at radius 1 is 0.677 bits per heavy atom. The number of aryl methyl sites for hydroxylation is 2. The van der Waals surface area contributed by atoms with Gasteiger partial charge in [0.05, 0.1) is 59.1 Å². The van der Waals surface area contributed by atoms with Crippen LogP contribution in [0.5, 0.6) is 0 Å². The predicted octanol–water partition coefficient (Wildman–Crippen LogP) is 11.6. The van der Waals surface area contributed by atoms with E-state index in [-0.39, 0.29) is 14.9 Å². The van der Waals surface area contributed by atoms with Crippen LogP contribution in [0.25, 0.3) is 11.1 Å². The average Bonchev–Trinajstić information content (AvgIpc) is 3.88. The van der Waals surface area contributed by atoms with Gasteiger partial charge in [0.25, 0.3) is 0 Å². The molecule has 2 atom stereocenters. The molecule has 0 saturated carbocycles. The first-order valence-electron chi connectivity index (χ1n) is 20.8. The Kier molecular flexibility index (Phi) is 12.8. The average molecular weight is 825 g/mol. The van der Waals surface area contributed by atoms with Crippen molar-refractivity contribution in [3.05, 3.63) is 154 Å². The van der Waals surface area contributed by atoms with Crippen molar-refractivity contribution in [2.24, 2.45) is 14.1 Å². The highest BCUT2D eigenvalue weighted by Crippen LogP contribution is 2.40. The van der Waals surface area contributed by atoms with E-state index in [0.717, 1.165) is 106 Å². The summed E-state index contributed by atoms with van der Waals surface area (Å²) in [6.45, 7) is 12.2. The van der Waals surface area contributed by atoms with Gasteiger partial charge in [0.2, 0.25) is 0 Å². The predicted molar refractivity (Wildman–Crippen MR) is 256 cm³/mol. The number of aromatic nitrogens is 4. The van der Waals surface area contributed by atoms with Gasteiger partial charge in [0.1, 0.15) is 0 Å². The van der Waals surface area contributed by atoms with Crippen molar-refractivity contribution >= 4 is 57.7 Å². The van der Waals surface area contributed by atoms with Crippen LogP contribution >= 0.6 is 0 Å². The molecule has 0 bridgehead atoms. The van der Waals surface area contributed by atoms with Gasteiger partial charge in [0.15, 0.2) is 0 Å². The highest BCUT2D eigenvalue weighted by molar-refractivity contribution is 5.90. The number of rotatable bonds is 12. The minimum absolute atomic E-state index is 0. The molecule has 6 N–H and O–H groups in total. The molecule has 6 aromatic rings. The van der Waals surface area contributed by atoms with Crippen molar-refractivity contribution in [2.75, 3.05) is 21.3 Å². The molecule has 0 aliphatic heterocycles. The lowest BCUT2D eigenvalue weighted by atomic mass is 9.81. The van der Waals surface area contributed by atoms with Crippen LogP contribution in [0.1, 0.15) is 110 Å². The van der Waals surface area contributed by atoms with E-state index in [0.29, 0.717) is 11.1 Å². The highest BCUT2D eigenvalue weighted by atomic mass is 15.3. The Morgan fingerprint density at radius 2 is 1.10 bits per heavy atom. The van der Waals surface area contributed by atoms with Gasteiger partial charge in [-0.05, 0) is 145 Å². The molecule has 0 amide bonds. The normalized spacial score (nSPS) is 14.9. The zero-order valence-electron chi connectivity index (χ0n) is 35.7.